The highest BCUT2D eigenvalue weighted by atomic mass is 19.1. The second kappa shape index (κ2) is 11.2. The van der Waals surface area contributed by atoms with Gasteiger partial charge in [-0.3, -0.25) is 0 Å². The second-order valence-corrected chi connectivity index (χ2v) is 10.2. The molecule has 1 atom stereocenters. The van der Waals surface area contributed by atoms with Gasteiger partial charge in [-0.2, -0.15) is 0 Å². The summed E-state index contributed by atoms with van der Waals surface area (Å²) >= 11 is 0. The smallest absolute Gasteiger partial charge is 0.129 e. The Labute approximate surface area is 224 Å². The van der Waals surface area contributed by atoms with Gasteiger partial charge in [0.1, 0.15) is 17.7 Å². The highest BCUT2D eigenvalue weighted by Gasteiger charge is 2.25. The van der Waals surface area contributed by atoms with E-state index in [1.807, 2.05) is 6.07 Å². The molecule has 1 N–H and O–H groups in total. The number of piperidine rings is 1. The van der Waals surface area contributed by atoms with Crippen molar-refractivity contribution in [1.29, 1.82) is 0 Å². The molecule has 4 aromatic rings. The van der Waals surface area contributed by atoms with E-state index in [1.54, 1.807) is 22.6 Å². The number of quaternary nitrogens is 1. The van der Waals surface area contributed by atoms with Crippen LogP contribution in [0.15, 0.2) is 109 Å². The van der Waals surface area contributed by atoms with Gasteiger partial charge in [0.15, 0.2) is 0 Å². The quantitative estimate of drug-likeness (QED) is 0.264. The molecule has 4 aromatic carbocycles. The van der Waals surface area contributed by atoms with E-state index < -0.39 is 0 Å². The van der Waals surface area contributed by atoms with Crippen LogP contribution in [-0.4, -0.2) is 19.6 Å². The molecule has 0 bridgehead atoms. The van der Waals surface area contributed by atoms with Crippen LogP contribution < -0.4 is 9.64 Å². The van der Waals surface area contributed by atoms with Gasteiger partial charge < -0.3 is 9.64 Å². The van der Waals surface area contributed by atoms with Crippen molar-refractivity contribution in [3.05, 3.63) is 142 Å². The molecule has 3 heteroatoms. The van der Waals surface area contributed by atoms with Gasteiger partial charge in [0.25, 0.3) is 0 Å². The predicted molar refractivity (Wildman–Crippen MR) is 153 cm³/mol. The predicted octanol–water partition coefficient (Wildman–Crippen LogP) is 7.00. The van der Waals surface area contributed by atoms with E-state index in [0.717, 1.165) is 44.5 Å². The number of benzene rings is 4. The Balaban J connectivity index is 1.19. The standard InChI is InChI=1S/C35H32FNO/c36-30-16-18-31(19-17-30)38-34(28-10-2-1-3-11-28)22-25-37-23-20-29(21-24-37)35-32-12-6-4-8-26(32)14-15-27-9-5-7-13-33(27)35/h1-19,34H,20-25H2/p+1. The van der Waals surface area contributed by atoms with E-state index in [2.05, 4.69) is 84.9 Å². The second-order valence-electron chi connectivity index (χ2n) is 10.2. The SMILES string of the molecule is Fc1ccc(OC(CC[NH+]2CCC(=C3c4ccccc4C=Cc4ccccc43)CC2)c2ccccc2)cc1. The van der Waals surface area contributed by atoms with Crippen LogP contribution >= 0.6 is 0 Å². The Morgan fingerprint density at radius 1 is 0.684 bits per heavy atom. The third-order valence-electron chi connectivity index (χ3n) is 7.84. The van der Waals surface area contributed by atoms with Crippen molar-refractivity contribution in [2.75, 3.05) is 19.6 Å². The van der Waals surface area contributed by atoms with Gasteiger partial charge in [-0.1, -0.05) is 96.6 Å². The average molecular weight is 503 g/mol. The average Bonchev–Trinajstić information content (AvgIpc) is 3.14. The third kappa shape index (κ3) is 5.34. The third-order valence-corrected chi connectivity index (χ3v) is 7.84. The normalized spacial score (nSPS) is 17.3. The fourth-order valence-corrected chi connectivity index (χ4v) is 5.82. The molecule has 0 saturated carbocycles. The molecule has 1 aliphatic carbocycles. The molecule has 38 heavy (non-hydrogen) atoms. The first kappa shape index (κ1) is 24.4. The molecule has 1 unspecified atom stereocenters. The molecular formula is C35H33FNO+. The van der Waals surface area contributed by atoms with Gasteiger partial charge in [0.2, 0.25) is 0 Å². The van der Waals surface area contributed by atoms with Crippen LogP contribution in [0.4, 0.5) is 4.39 Å². The number of fused-ring (bicyclic) bond motifs is 2. The van der Waals surface area contributed by atoms with Crippen molar-refractivity contribution < 1.29 is 14.0 Å². The van der Waals surface area contributed by atoms with Crippen LogP contribution in [0.1, 0.15) is 53.2 Å². The fraction of sp³-hybridized carbons (Fsp3) is 0.200. The first-order valence-electron chi connectivity index (χ1n) is 13.6. The molecule has 0 amide bonds. The number of ether oxygens (including phenoxy) is 1. The van der Waals surface area contributed by atoms with E-state index in [9.17, 15) is 4.39 Å². The van der Waals surface area contributed by atoms with Gasteiger partial charge in [0.05, 0.1) is 19.6 Å². The van der Waals surface area contributed by atoms with Gasteiger partial charge in [0, 0.05) is 19.3 Å². The summed E-state index contributed by atoms with van der Waals surface area (Å²) < 4.78 is 19.8. The van der Waals surface area contributed by atoms with Crippen molar-refractivity contribution in [2.45, 2.75) is 25.4 Å². The highest BCUT2D eigenvalue weighted by Crippen LogP contribution is 2.37. The highest BCUT2D eigenvalue weighted by molar-refractivity contribution is 5.94. The molecule has 1 fully saturated rings. The fourth-order valence-electron chi connectivity index (χ4n) is 5.82. The summed E-state index contributed by atoms with van der Waals surface area (Å²) in [5.74, 6) is 0.464. The largest absolute Gasteiger partial charge is 0.486 e. The van der Waals surface area contributed by atoms with E-state index in [0.29, 0.717) is 5.75 Å². The van der Waals surface area contributed by atoms with E-state index in [4.69, 9.17) is 4.74 Å². The van der Waals surface area contributed by atoms with Gasteiger partial charge >= 0.3 is 0 Å². The molecule has 0 aromatic heterocycles. The lowest BCUT2D eigenvalue weighted by molar-refractivity contribution is -0.903. The lowest BCUT2D eigenvalue weighted by Crippen LogP contribution is -3.12. The van der Waals surface area contributed by atoms with E-state index >= 15 is 0 Å². The number of likely N-dealkylation sites (tertiary alicyclic amines) is 1. The zero-order chi connectivity index (χ0) is 25.7. The Bertz CT molecular complexity index is 1390. The Hall–Kier alpha value is -3.95. The molecule has 2 aliphatic rings. The van der Waals surface area contributed by atoms with E-state index in [1.165, 1.54) is 40.0 Å². The van der Waals surface area contributed by atoms with Crippen LogP contribution in [0.5, 0.6) is 5.75 Å². The van der Waals surface area contributed by atoms with Gasteiger partial charge in [-0.15, -0.1) is 0 Å². The summed E-state index contributed by atoms with van der Waals surface area (Å²) in [5, 5.41) is 0. The topological polar surface area (TPSA) is 13.7 Å². The van der Waals surface area contributed by atoms with Crippen molar-refractivity contribution in [1.82, 2.24) is 0 Å². The van der Waals surface area contributed by atoms with Crippen molar-refractivity contribution >= 4 is 17.7 Å². The van der Waals surface area contributed by atoms with Crippen LogP contribution in [0.2, 0.25) is 0 Å². The molecule has 0 radical (unpaired) electrons. The molecular weight excluding hydrogens is 469 g/mol. The maximum absolute atomic E-state index is 13.4. The molecule has 2 nitrogen and oxygen atoms in total. The maximum Gasteiger partial charge on any atom is 0.129 e. The first-order valence-corrected chi connectivity index (χ1v) is 13.6. The van der Waals surface area contributed by atoms with Crippen molar-refractivity contribution in [3.63, 3.8) is 0 Å². The van der Waals surface area contributed by atoms with Gasteiger partial charge in [-0.25, -0.2) is 4.39 Å². The molecule has 190 valence electrons. The molecule has 1 aliphatic heterocycles. The number of halogens is 1. The molecule has 1 heterocycles. The molecule has 0 spiro atoms. The maximum atomic E-state index is 13.4. The van der Waals surface area contributed by atoms with Crippen LogP contribution in [0, 0.1) is 5.82 Å². The monoisotopic (exact) mass is 502 g/mol. The Morgan fingerprint density at radius 2 is 1.26 bits per heavy atom. The number of nitrogens with one attached hydrogen (secondary N) is 1. The van der Waals surface area contributed by atoms with Crippen LogP contribution in [0.25, 0.3) is 17.7 Å². The molecule has 6 rings (SSSR count). The summed E-state index contributed by atoms with van der Waals surface area (Å²) in [6, 6.07) is 34.3. The Morgan fingerprint density at radius 3 is 1.89 bits per heavy atom. The van der Waals surface area contributed by atoms with Crippen LogP contribution in [0.3, 0.4) is 0 Å². The lowest BCUT2D eigenvalue weighted by Gasteiger charge is -2.29. The Kier molecular flexibility index (Phi) is 7.19. The minimum absolute atomic E-state index is 0.0550. The minimum Gasteiger partial charge on any atom is -0.486 e. The van der Waals surface area contributed by atoms with Crippen LogP contribution in [-0.2, 0) is 0 Å². The number of hydrogen-bond donors (Lipinski definition) is 1. The summed E-state index contributed by atoms with van der Waals surface area (Å²) in [5.41, 5.74) is 9.46. The number of hydrogen-bond acceptors (Lipinski definition) is 1. The lowest BCUT2D eigenvalue weighted by atomic mass is 9.86. The first-order chi connectivity index (χ1) is 18.7. The van der Waals surface area contributed by atoms with Gasteiger partial charge in [-0.05, 0) is 57.7 Å². The zero-order valence-electron chi connectivity index (χ0n) is 21.6. The summed E-state index contributed by atoms with van der Waals surface area (Å²) in [7, 11) is 0. The number of rotatable bonds is 6. The summed E-state index contributed by atoms with van der Waals surface area (Å²) in [4.78, 5) is 1.62. The summed E-state index contributed by atoms with van der Waals surface area (Å²) in [6.45, 7) is 3.28. The summed E-state index contributed by atoms with van der Waals surface area (Å²) in [6.07, 6.45) is 7.57. The van der Waals surface area contributed by atoms with E-state index in [-0.39, 0.29) is 11.9 Å². The van der Waals surface area contributed by atoms with Crippen molar-refractivity contribution in [3.8, 4) is 5.75 Å². The molecule has 1 saturated heterocycles. The van der Waals surface area contributed by atoms with Crippen molar-refractivity contribution in [2.24, 2.45) is 0 Å². The minimum atomic E-state index is -0.244. The zero-order valence-corrected chi connectivity index (χ0v) is 21.6.